The van der Waals surface area contributed by atoms with Crippen LogP contribution in [0.5, 0.6) is 23.0 Å². The van der Waals surface area contributed by atoms with Crippen molar-refractivity contribution in [3.05, 3.63) is 83.8 Å². The zero-order chi connectivity index (χ0) is 30.8. The third-order valence-electron chi connectivity index (χ3n) is 7.16. The molecule has 0 aliphatic carbocycles. The molecule has 1 unspecified atom stereocenters. The van der Waals surface area contributed by atoms with Crippen LogP contribution in [-0.4, -0.2) is 56.5 Å². The molecule has 0 radical (unpaired) electrons. The Balaban J connectivity index is 1.43. The first-order valence-electron chi connectivity index (χ1n) is 13.3. The molecular formula is C32H30BrFN4O5. The first-order chi connectivity index (χ1) is 20.6. The van der Waals surface area contributed by atoms with Crippen LogP contribution < -0.4 is 29.3 Å². The van der Waals surface area contributed by atoms with Crippen molar-refractivity contribution < 1.29 is 28.2 Å². The van der Waals surface area contributed by atoms with Gasteiger partial charge in [0.2, 0.25) is 0 Å². The monoisotopic (exact) mass is 648 g/mol. The van der Waals surface area contributed by atoms with E-state index >= 15 is 0 Å². The Labute approximate surface area is 257 Å². The number of alkyl halides is 1. The summed E-state index contributed by atoms with van der Waals surface area (Å²) in [4.78, 5) is 34.5. The third-order valence-corrected chi connectivity index (χ3v) is 8.13. The topological polar surface area (TPSA) is 93.2 Å². The van der Waals surface area contributed by atoms with Crippen LogP contribution >= 0.6 is 15.9 Å². The lowest BCUT2D eigenvalue weighted by Gasteiger charge is -2.32. The van der Waals surface area contributed by atoms with Gasteiger partial charge >= 0.3 is 0 Å². The molecule has 1 aliphatic heterocycles. The predicted molar refractivity (Wildman–Crippen MR) is 168 cm³/mol. The van der Waals surface area contributed by atoms with Crippen molar-refractivity contribution in [3.8, 4) is 23.0 Å². The second-order valence-electron chi connectivity index (χ2n) is 10.1. The maximum Gasteiger partial charge on any atom is 0.263 e. The smallest absolute Gasteiger partial charge is 0.263 e. The minimum absolute atomic E-state index is 0.0248. The molecule has 1 atom stereocenters. The summed E-state index contributed by atoms with van der Waals surface area (Å²) in [6.07, 6.45) is 1.65. The van der Waals surface area contributed by atoms with Gasteiger partial charge in [-0.15, -0.1) is 0 Å². The number of rotatable bonds is 8. The van der Waals surface area contributed by atoms with E-state index in [1.165, 1.54) is 29.2 Å². The number of fused-ring (bicyclic) bond motifs is 1. The van der Waals surface area contributed by atoms with Crippen LogP contribution in [0.4, 0.5) is 21.5 Å². The molecule has 4 aromatic rings. The second kappa shape index (κ2) is 12.3. The molecule has 5 rings (SSSR count). The van der Waals surface area contributed by atoms with Gasteiger partial charge in [-0.3, -0.25) is 14.6 Å². The van der Waals surface area contributed by atoms with Gasteiger partial charge in [-0.2, -0.15) is 0 Å². The van der Waals surface area contributed by atoms with Gasteiger partial charge in [0.15, 0.2) is 17.2 Å². The van der Waals surface area contributed by atoms with E-state index in [4.69, 9.17) is 14.2 Å². The highest BCUT2D eigenvalue weighted by Gasteiger charge is 2.35. The molecule has 0 fully saturated rings. The number of carbonyl (C=O) groups excluding carboxylic acids is 2. The Bertz CT molecular complexity index is 1740. The van der Waals surface area contributed by atoms with Gasteiger partial charge in [0.25, 0.3) is 11.8 Å². The Morgan fingerprint density at radius 1 is 1.00 bits per heavy atom. The molecule has 11 heteroatoms. The average molecular weight is 650 g/mol. The molecule has 0 spiro atoms. The Morgan fingerprint density at radius 2 is 1.70 bits per heavy atom. The zero-order valence-corrected chi connectivity index (χ0v) is 25.9. The van der Waals surface area contributed by atoms with Crippen molar-refractivity contribution in [2.75, 3.05) is 50.0 Å². The fourth-order valence-corrected chi connectivity index (χ4v) is 5.36. The highest BCUT2D eigenvalue weighted by molar-refractivity contribution is 9.09. The molecular weight excluding hydrogens is 619 g/mol. The molecule has 1 N–H and O–H groups in total. The lowest BCUT2D eigenvalue weighted by Crippen LogP contribution is -2.45. The second-order valence-corrected chi connectivity index (χ2v) is 11.2. The molecule has 1 aromatic heterocycles. The quantitative estimate of drug-likeness (QED) is 0.177. The summed E-state index contributed by atoms with van der Waals surface area (Å²) >= 11 is 3.59. The Morgan fingerprint density at radius 3 is 2.37 bits per heavy atom. The minimum Gasteiger partial charge on any atom is -0.493 e. The fourth-order valence-electron chi connectivity index (χ4n) is 4.84. The van der Waals surface area contributed by atoms with Gasteiger partial charge in [0.1, 0.15) is 17.1 Å². The summed E-state index contributed by atoms with van der Waals surface area (Å²) in [5, 5.41) is 3.60. The molecule has 222 valence electrons. The van der Waals surface area contributed by atoms with Crippen molar-refractivity contribution in [3.63, 3.8) is 0 Å². The molecule has 2 heterocycles. The van der Waals surface area contributed by atoms with Crippen molar-refractivity contribution in [2.24, 2.45) is 0 Å². The van der Waals surface area contributed by atoms with Crippen LogP contribution in [0, 0.1) is 5.82 Å². The van der Waals surface area contributed by atoms with E-state index in [-0.39, 0.29) is 10.4 Å². The predicted octanol–water partition coefficient (Wildman–Crippen LogP) is 6.31. The standard InChI is InChI=1S/C32H30BrFN4O5/c1-18-23(33)17-38(21-9-6-19(34)7-10-21)32(40)30(18)31(39)36-20-8-11-27(25(14-20)37(2)3)43-26-12-13-35-24-16-29(42-5)28(41-4)15-22(24)26/h6-16,23H,17H2,1-5H3,(H,36,39). The first kappa shape index (κ1) is 29.8. The van der Waals surface area contributed by atoms with Crippen LogP contribution in [0.2, 0.25) is 0 Å². The number of amides is 2. The molecule has 0 bridgehead atoms. The number of carbonyl (C=O) groups is 2. The van der Waals surface area contributed by atoms with E-state index < -0.39 is 17.6 Å². The largest absolute Gasteiger partial charge is 0.493 e. The normalized spacial score (nSPS) is 15.0. The van der Waals surface area contributed by atoms with Crippen molar-refractivity contribution in [1.29, 1.82) is 0 Å². The number of halogens is 2. The van der Waals surface area contributed by atoms with E-state index in [1.54, 1.807) is 57.7 Å². The summed E-state index contributed by atoms with van der Waals surface area (Å²) in [5.41, 5.74) is 2.98. The van der Waals surface area contributed by atoms with Crippen LogP contribution in [0.3, 0.4) is 0 Å². The van der Waals surface area contributed by atoms with Gasteiger partial charge < -0.3 is 29.3 Å². The van der Waals surface area contributed by atoms with E-state index in [9.17, 15) is 14.0 Å². The van der Waals surface area contributed by atoms with Crippen molar-refractivity contribution in [2.45, 2.75) is 11.8 Å². The molecule has 0 saturated heterocycles. The number of ether oxygens (including phenoxy) is 3. The number of methoxy groups -OCH3 is 2. The fraction of sp³-hybridized carbons (Fsp3) is 0.219. The van der Waals surface area contributed by atoms with Gasteiger partial charge in [-0.05, 0) is 67.1 Å². The summed E-state index contributed by atoms with van der Waals surface area (Å²) in [7, 11) is 6.85. The number of benzene rings is 3. The zero-order valence-electron chi connectivity index (χ0n) is 24.3. The average Bonchev–Trinajstić information content (AvgIpc) is 2.99. The van der Waals surface area contributed by atoms with E-state index in [0.717, 1.165) is 5.39 Å². The Hall–Kier alpha value is -4.64. The number of anilines is 3. The van der Waals surface area contributed by atoms with Gasteiger partial charge in [0.05, 0.1) is 30.3 Å². The lowest BCUT2D eigenvalue weighted by molar-refractivity contribution is -0.120. The highest BCUT2D eigenvalue weighted by atomic mass is 79.9. The van der Waals surface area contributed by atoms with Crippen molar-refractivity contribution >= 4 is 55.7 Å². The number of hydrogen-bond donors (Lipinski definition) is 1. The molecule has 9 nitrogen and oxygen atoms in total. The van der Waals surface area contributed by atoms with Gasteiger partial charge in [0, 0.05) is 49.7 Å². The summed E-state index contributed by atoms with van der Waals surface area (Å²) in [5.74, 6) is 0.794. The third kappa shape index (κ3) is 5.98. The summed E-state index contributed by atoms with van der Waals surface area (Å²) < 4.78 is 30.7. The van der Waals surface area contributed by atoms with Gasteiger partial charge in [-0.25, -0.2) is 4.39 Å². The summed E-state index contributed by atoms with van der Waals surface area (Å²) in [6.45, 7) is 2.06. The molecule has 1 aliphatic rings. The highest BCUT2D eigenvalue weighted by Crippen LogP contribution is 2.40. The van der Waals surface area contributed by atoms with E-state index in [0.29, 0.717) is 57.7 Å². The van der Waals surface area contributed by atoms with Gasteiger partial charge in [-0.1, -0.05) is 15.9 Å². The molecule has 0 saturated carbocycles. The SMILES string of the molecule is COc1cc2nccc(Oc3ccc(NC(=O)C4=C(C)C(Br)CN(c5ccc(F)cc5)C4=O)cc3N(C)C)c2cc1OC. The maximum atomic E-state index is 13.5. The van der Waals surface area contributed by atoms with Crippen LogP contribution in [0.15, 0.2) is 78.0 Å². The minimum atomic E-state index is -0.543. The molecule has 3 aromatic carbocycles. The number of pyridine rings is 1. The molecule has 2 amide bonds. The summed E-state index contributed by atoms with van der Waals surface area (Å²) in [6, 6.07) is 16.2. The number of hydrogen-bond acceptors (Lipinski definition) is 7. The first-order valence-corrected chi connectivity index (χ1v) is 14.3. The number of nitrogens with zero attached hydrogens (tertiary/aromatic N) is 3. The van der Waals surface area contributed by atoms with E-state index in [1.807, 2.05) is 25.1 Å². The van der Waals surface area contributed by atoms with Crippen LogP contribution in [0.25, 0.3) is 10.9 Å². The van der Waals surface area contributed by atoms with Crippen molar-refractivity contribution in [1.82, 2.24) is 4.98 Å². The number of aromatic nitrogens is 1. The Kier molecular flexibility index (Phi) is 8.54. The lowest BCUT2D eigenvalue weighted by atomic mass is 9.99. The molecule has 43 heavy (non-hydrogen) atoms. The van der Waals surface area contributed by atoms with E-state index in [2.05, 4.69) is 26.2 Å². The number of nitrogens with one attached hydrogen (secondary N) is 1. The van der Waals surface area contributed by atoms with Crippen LogP contribution in [0.1, 0.15) is 6.92 Å². The van der Waals surface area contributed by atoms with Crippen LogP contribution in [-0.2, 0) is 9.59 Å². The maximum absolute atomic E-state index is 13.5.